The van der Waals surface area contributed by atoms with Gasteiger partial charge in [-0.1, -0.05) is 66.5 Å². The first-order valence-electron chi connectivity index (χ1n) is 10.1. The van der Waals surface area contributed by atoms with Crippen LogP contribution < -0.4 is 5.63 Å². The molecule has 33 heavy (non-hydrogen) atoms. The van der Waals surface area contributed by atoms with Gasteiger partial charge in [0, 0.05) is 23.7 Å². The molecular formula is C25H17N3O3S2. The second kappa shape index (κ2) is 8.65. The van der Waals surface area contributed by atoms with Crippen molar-refractivity contribution in [3.63, 3.8) is 0 Å². The van der Waals surface area contributed by atoms with Gasteiger partial charge in [0.15, 0.2) is 0 Å². The molecule has 0 bridgehead atoms. The van der Waals surface area contributed by atoms with Crippen molar-refractivity contribution >= 4 is 51.3 Å². The topological polar surface area (TPSA) is 68.3 Å². The van der Waals surface area contributed by atoms with Crippen molar-refractivity contribution in [2.75, 3.05) is 6.54 Å². The number of aromatic nitrogens is 2. The Morgan fingerprint density at radius 3 is 2.64 bits per heavy atom. The summed E-state index contributed by atoms with van der Waals surface area (Å²) >= 11 is 6.57. The first kappa shape index (κ1) is 21.1. The van der Waals surface area contributed by atoms with E-state index in [1.165, 1.54) is 16.7 Å². The number of hydrogen-bond donors (Lipinski definition) is 0. The lowest BCUT2D eigenvalue weighted by molar-refractivity contribution is -0.121. The second-order valence-corrected chi connectivity index (χ2v) is 8.96. The van der Waals surface area contributed by atoms with Gasteiger partial charge in [0.1, 0.15) is 15.6 Å². The highest BCUT2D eigenvalue weighted by Crippen LogP contribution is 2.34. The van der Waals surface area contributed by atoms with E-state index >= 15 is 0 Å². The molecule has 0 saturated carbocycles. The number of para-hydroxylation sites is 2. The van der Waals surface area contributed by atoms with Crippen molar-refractivity contribution in [3.8, 4) is 16.9 Å². The lowest BCUT2D eigenvalue weighted by Gasteiger charge is -2.10. The van der Waals surface area contributed by atoms with Crippen molar-refractivity contribution in [1.29, 1.82) is 0 Å². The van der Waals surface area contributed by atoms with Crippen molar-refractivity contribution in [2.45, 2.75) is 0 Å². The minimum Gasteiger partial charge on any atom is -0.422 e. The Hall–Kier alpha value is -3.75. The SMILES string of the molecule is C=CCN1C(=O)/C(=C/c2cn(-c3ccccc3)nc2-c2cc3ccccc3oc2=O)SC1=S. The standard InChI is InChI=1S/C25H17N3O3S2/c1-2-12-27-23(29)21(33-25(27)32)14-17-15-28(18-9-4-3-5-10-18)26-22(17)19-13-16-8-6-7-11-20(16)31-24(19)30/h2-11,13-15H,1,12H2/b21-14-. The van der Waals surface area contributed by atoms with Crippen LogP contribution in [0.25, 0.3) is 34.0 Å². The molecule has 0 atom stereocenters. The van der Waals surface area contributed by atoms with Gasteiger partial charge in [-0.15, -0.1) is 6.58 Å². The summed E-state index contributed by atoms with van der Waals surface area (Å²) < 4.78 is 7.68. The number of hydrogen-bond acceptors (Lipinski definition) is 6. The zero-order valence-electron chi connectivity index (χ0n) is 17.3. The lowest BCUT2D eigenvalue weighted by Crippen LogP contribution is -2.27. The summed E-state index contributed by atoms with van der Waals surface area (Å²) in [5.41, 5.74) is 2.17. The summed E-state index contributed by atoms with van der Waals surface area (Å²) in [4.78, 5) is 27.7. The molecule has 0 aliphatic carbocycles. The van der Waals surface area contributed by atoms with Crippen molar-refractivity contribution in [1.82, 2.24) is 14.7 Å². The maximum Gasteiger partial charge on any atom is 0.345 e. The van der Waals surface area contributed by atoms with Crippen LogP contribution in [0.4, 0.5) is 0 Å². The quantitative estimate of drug-likeness (QED) is 0.176. The highest BCUT2D eigenvalue weighted by atomic mass is 32.2. The van der Waals surface area contributed by atoms with Gasteiger partial charge in [0.25, 0.3) is 5.91 Å². The Kier molecular flexibility index (Phi) is 5.53. The predicted octanol–water partition coefficient (Wildman–Crippen LogP) is 5.03. The second-order valence-electron chi connectivity index (χ2n) is 7.28. The van der Waals surface area contributed by atoms with E-state index in [1.54, 1.807) is 35.2 Å². The van der Waals surface area contributed by atoms with Crippen LogP contribution >= 0.6 is 24.0 Å². The van der Waals surface area contributed by atoms with Crippen LogP contribution in [0.3, 0.4) is 0 Å². The summed E-state index contributed by atoms with van der Waals surface area (Å²) in [5.74, 6) is -0.200. The van der Waals surface area contributed by atoms with Crippen molar-refractivity contribution in [2.24, 2.45) is 0 Å². The summed E-state index contributed by atoms with van der Waals surface area (Å²) in [6, 6.07) is 18.6. The fourth-order valence-electron chi connectivity index (χ4n) is 3.57. The van der Waals surface area contributed by atoms with Gasteiger partial charge in [-0.25, -0.2) is 9.48 Å². The number of benzene rings is 2. The minimum atomic E-state index is -0.499. The molecule has 0 spiro atoms. The Morgan fingerprint density at radius 1 is 1.09 bits per heavy atom. The minimum absolute atomic E-state index is 0.200. The average molecular weight is 472 g/mol. The van der Waals surface area contributed by atoms with Crippen molar-refractivity contribution in [3.05, 3.63) is 100 Å². The van der Waals surface area contributed by atoms with E-state index in [-0.39, 0.29) is 5.91 Å². The van der Waals surface area contributed by atoms with Gasteiger partial charge < -0.3 is 4.42 Å². The molecule has 1 fully saturated rings. The fraction of sp³-hybridized carbons (Fsp3) is 0.0400. The van der Waals surface area contributed by atoms with Crippen LogP contribution in [0.1, 0.15) is 5.56 Å². The highest BCUT2D eigenvalue weighted by Gasteiger charge is 2.31. The van der Waals surface area contributed by atoms with Gasteiger partial charge in [-0.05, 0) is 30.3 Å². The van der Waals surface area contributed by atoms with Gasteiger partial charge in [-0.2, -0.15) is 5.10 Å². The summed E-state index contributed by atoms with van der Waals surface area (Å²) in [7, 11) is 0. The monoisotopic (exact) mass is 471 g/mol. The molecular weight excluding hydrogens is 454 g/mol. The summed E-state index contributed by atoms with van der Waals surface area (Å²) in [5, 5.41) is 5.47. The van der Waals surface area contributed by atoms with Crippen LogP contribution in [0, 0.1) is 0 Å². The molecule has 1 aliphatic heterocycles. The highest BCUT2D eigenvalue weighted by molar-refractivity contribution is 8.26. The average Bonchev–Trinajstić information content (AvgIpc) is 3.36. The number of carbonyl (C=O) groups is 1. The van der Waals surface area contributed by atoms with Gasteiger partial charge >= 0.3 is 5.63 Å². The molecule has 1 saturated heterocycles. The predicted molar refractivity (Wildman–Crippen MR) is 135 cm³/mol. The summed E-state index contributed by atoms with van der Waals surface area (Å²) in [6.45, 7) is 4.03. The number of amides is 1. The Balaban J connectivity index is 1.68. The Morgan fingerprint density at radius 2 is 1.85 bits per heavy atom. The molecule has 1 amide bonds. The molecule has 0 N–H and O–H groups in total. The number of thioether (sulfide) groups is 1. The zero-order chi connectivity index (χ0) is 22.9. The molecule has 162 valence electrons. The molecule has 1 aliphatic rings. The van der Waals surface area contributed by atoms with Crippen LogP contribution in [-0.2, 0) is 4.79 Å². The maximum absolute atomic E-state index is 12.9. The van der Waals surface area contributed by atoms with Crippen LogP contribution in [0.5, 0.6) is 0 Å². The molecule has 0 radical (unpaired) electrons. The van der Waals surface area contributed by atoms with Crippen LogP contribution in [0.15, 0.2) is 93.6 Å². The van der Waals surface area contributed by atoms with E-state index in [0.29, 0.717) is 38.2 Å². The van der Waals surface area contributed by atoms with E-state index in [0.717, 1.165) is 11.1 Å². The van der Waals surface area contributed by atoms with E-state index in [9.17, 15) is 9.59 Å². The first-order valence-corrected chi connectivity index (χ1v) is 11.3. The molecule has 8 heteroatoms. The smallest absolute Gasteiger partial charge is 0.345 e. The number of nitrogens with zero attached hydrogens (tertiary/aromatic N) is 3. The molecule has 4 aromatic rings. The first-order chi connectivity index (χ1) is 16.0. The molecule has 0 unspecified atom stereocenters. The molecule has 6 nitrogen and oxygen atoms in total. The van der Waals surface area contributed by atoms with E-state index < -0.39 is 5.63 Å². The molecule has 2 aromatic heterocycles. The molecule has 3 heterocycles. The zero-order valence-corrected chi connectivity index (χ0v) is 18.9. The number of carbonyl (C=O) groups excluding carboxylic acids is 1. The van der Waals surface area contributed by atoms with E-state index in [4.69, 9.17) is 16.6 Å². The van der Waals surface area contributed by atoms with Gasteiger partial charge in [0.05, 0.1) is 16.2 Å². The van der Waals surface area contributed by atoms with Gasteiger partial charge in [0.2, 0.25) is 0 Å². The number of thiocarbonyl (C=S) groups is 1. The van der Waals surface area contributed by atoms with Crippen LogP contribution in [0.2, 0.25) is 0 Å². The number of fused-ring (bicyclic) bond motifs is 1. The normalized spacial score (nSPS) is 15.0. The fourth-order valence-corrected chi connectivity index (χ4v) is 4.84. The van der Waals surface area contributed by atoms with E-state index in [1.807, 2.05) is 48.5 Å². The molecule has 2 aromatic carbocycles. The Labute approximate surface area is 198 Å². The van der Waals surface area contributed by atoms with Gasteiger partial charge in [-0.3, -0.25) is 9.69 Å². The number of rotatable bonds is 5. The maximum atomic E-state index is 12.9. The lowest BCUT2D eigenvalue weighted by atomic mass is 10.1. The third kappa shape index (κ3) is 3.94. The van der Waals surface area contributed by atoms with Crippen molar-refractivity contribution < 1.29 is 9.21 Å². The third-order valence-electron chi connectivity index (χ3n) is 5.13. The van der Waals surface area contributed by atoms with Crippen LogP contribution in [-0.4, -0.2) is 31.5 Å². The Bertz CT molecular complexity index is 1500. The third-order valence-corrected chi connectivity index (χ3v) is 6.51. The largest absolute Gasteiger partial charge is 0.422 e. The summed E-state index contributed by atoms with van der Waals surface area (Å²) in [6.07, 6.45) is 5.14. The van der Waals surface area contributed by atoms with E-state index in [2.05, 4.69) is 11.7 Å². The molecule has 5 rings (SSSR count).